The van der Waals surface area contributed by atoms with Gasteiger partial charge in [-0.15, -0.1) is 11.3 Å². The Morgan fingerprint density at radius 2 is 1.88 bits per heavy atom. The van der Waals surface area contributed by atoms with E-state index in [-0.39, 0.29) is 0 Å². The van der Waals surface area contributed by atoms with Crippen molar-refractivity contribution in [1.29, 1.82) is 0 Å². The fourth-order valence-corrected chi connectivity index (χ4v) is 5.53. The van der Waals surface area contributed by atoms with Crippen molar-refractivity contribution in [2.75, 3.05) is 26.2 Å². The van der Waals surface area contributed by atoms with E-state index < -0.39 is 10.0 Å². The molecule has 1 aromatic carbocycles. The molecule has 0 aliphatic carbocycles. The largest absolute Gasteiger partial charge is 0.295 e. The first-order chi connectivity index (χ1) is 11.9. The maximum Gasteiger partial charge on any atom is 0.243 e. The summed E-state index contributed by atoms with van der Waals surface area (Å²) in [5.74, 6) is 0. The second-order valence-corrected chi connectivity index (χ2v) is 9.38. The van der Waals surface area contributed by atoms with Crippen molar-refractivity contribution in [3.8, 4) is 0 Å². The number of rotatable bonds is 5. The molecule has 1 aromatic heterocycles. The Balaban J connectivity index is 1.64. The van der Waals surface area contributed by atoms with Crippen LogP contribution in [0.3, 0.4) is 0 Å². The minimum absolute atomic E-state index is 0.429. The van der Waals surface area contributed by atoms with Gasteiger partial charge in [0.1, 0.15) is 0 Å². The van der Waals surface area contributed by atoms with Crippen LogP contribution in [0.2, 0.25) is 0 Å². The molecule has 0 N–H and O–H groups in total. The Kier molecular flexibility index (Phi) is 5.58. The third-order valence-corrected chi connectivity index (χ3v) is 7.67. The normalized spacial score (nSPS) is 17.1. The predicted octanol–water partition coefficient (Wildman–Crippen LogP) is 2.83. The molecule has 0 amide bonds. The van der Waals surface area contributed by atoms with Gasteiger partial charge in [0, 0.05) is 38.1 Å². The molecule has 0 atom stereocenters. The summed E-state index contributed by atoms with van der Waals surface area (Å²) >= 11 is 1.70. The number of thiazole rings is 1. The Bertz CT molecular complexity index is 838. The SMILES string of the molecule is CCc1nc(CN2CCN(S(=O)(=O)c3ccc(C)cc3C)CC2)cs1. The Labute approximate surface area is 154 Å². The molecule has 1 fully saturated rings. The van der Waals surface area contributed by atoms with Crippen molar-refractivity contribution in [3.63, 3.8) is 0 Å². The minimum Gasteiger partial charge on any atom is -0.295 e. The monoisotopic (exact) mass is 379 g/mol. The van der Waals surface area contributed by atoms with Crippen LogP contribution in [0.25, 0.3) is 0 Å². The van der Waals surface area contributed by atoms with Crippen LogP contribution in [0, 0.1) is 13.8 Å². The number of aryl methyl sites for hydroxylation is 3. The molecule has 7 heteroatoms. The molecule has 1 aliphatic rings. The van der Waals surface area contributed by atoms with Crippen LogP contribution < -0.4 is 0 Å². The van der Waals surface area contributed by atoms with Crippen molar-refractivity contribution in [2.24, 2.45) is 0 Å². The molecule has 0 radical (unpaired) electrons. The molecule has 1 saturated heterocycles. The van der Waals surface area contributed by atoms with E-state index in [1.165, 1.54) is 0 Å². The molecule has 0 spiro atoms. The van der Waals surface area contributed by atoms with E-state index in [2.05, 4.69) is 22.2 Å². The summed E-state index contributed by atoms with van der Waals surface area (Å²) in [5.41, 5.74) is 2.99. The van der Waals surface area contributed by atoms with Crippen molar-refractivity contribution in [1.82, 2.24) is 14.2 Å². The van der Waals surface area contributed by atoms with Gasteiger partial charge in [-0.25, -0.2) is 13.4 Å². The van der Waals surface area contributed by atoms with Gasteiger partial charge in [0.05, 0.1) is 15.6 Å². The molecular formula is C18H25N3O2S2. The molecule has 136 valence electrons. The fourth-order valence-electron chi connectivity index (χ4n) is 3.17. The third kappa shape index (κ3) is 4.11. The summed E-state index contributed by atoms with van der Waals surface area (Å²) in [6, 6.07) is 5.52. The average Bonchev–Trinajstić information content (AvgIpc) is 3.02. The van der Waals surface area contributed by atoms with Gasteiger partial charge in [-0.1, -0.05) is 24.6 Å². The van der Waals surface area contributed by atoms with Crippen LogP contribution in [0.5, 0.6) is 0 Å². The smallest absolute Gasteiger partial charge is 0.243 e. The van der Waals surface area contributed by atoms with Gasteiger partial charge in [-0.2, -0.15) is 4.31 Å². The van der Waals surface area contributed by atoms with E-state index in [4.69, 9.17) is 0 Å². The van der Waals surface area contributed by atoms with Crippen molar-refractivity contribution < 1.29 is 8.42 Å². The molecular weight excluding hydrogens is 354 g/mol. The maximum absolute atomic E-state index is 12.9. The van der Waals surface area contributed by atoms with Gasteiger partial charge >= 0.3 is 0 Å². The molecule has 2 aromatic rings. The van der Waals surface area contributed by atoms with Gasteiger partial charge in [0.15, 0.2) is 0 Å². The number of benzene rings is 1. The van der Waals surface area contributed by atoms with Crippen molar-refractivity contribution in [3.05, 3.63) is 45.4 Å². The second kappa shape index (κ2) is 7.53. The number of hydrogen-bond acceptors (Lipinski definition) is 5. The van der Waals surface area contributed by atoms with E-state index in [1.807, 2.05) is 26.0 Å². The van der Waals surface area contributed by atoms with Crippen LogP contribution in [-0.4, -0.2) is 48.8 Å². The molecule has 25 heavy (non-hydrogen) atoms. The van der Waals surface area contributed by atoms with Gasteiger partial charge in [0.25, 0.3) is 0 Å². The third-order valence-electron chi connectivity index (χ3n) is 4.57. The van der Waals surface area contributed by atoms with Crippen LogP contribution in [0.15, 0.2) is 28.5 Å². The molecule has 1 aliphatic heterocycles. The van der Waals surface area contributed by atoms with E-state index in [0.717, 1.165) is 47.9 Å². The summed E-state index contributed by atoms with van der Waals surface area (Å²) < 4.78 is 27.5. The Morgan fingerprint density at radius 1 is 1.16 bits per heavy atom. The van der Waals surface area contributed by atoms with Gasteiger partial charge in [-0.05, 0) is 31.9 Å². The highest BCUT2D eigenvalue weighted by Gasteiger charge is 2.29. The van der Waals surface area contributed by atoms with E-state index in [1.54, 1.807) is 21.7 Å². The number of hydrogen-bond donors (Lipinski definition) is 0. The zero-order valence-corrected chi connectivity index (χ0v) is 16.7. The quantitative estimate of drug-likeness (QED) is 0.802. The molecule has 0 unspecified atom stereocenters. The molecule has 2 heterocycles. The first-order valence-corrected chi connectivity index (χ1v) is 10.9. The lowest BCUT2D eigenvalue weighted by molar-refractivity contribution is 0.180. The van der Waals surface area contributed by atoms with Gasteiger partial charge in [0.2, 0.25) is 10.0 Å². The van der Waals surface area contributed by atoms with Crippen LogP contribution in [0.4, 0.5) is 0 Å². The summed E-state index contributed by atoms with van der Waals surface area (Å²) in [7, 11) is -3.41. The topological polar surface area (TPSA) is 53.5 Å². The summed E-state index contributed by atoms with van der Waals surface area (Å²) in [6.45, 7) is 9.29. The summed E-state index contributed by atoms with van der Waals surface area (Å²) in [5, 5.41) is 3.27. The van der Waals surface area contributed by atoms with Gasteiger partial charge < -0.3 is 0 Å². The predicted molar refractivity (Wildman–Crippen MR) is 101 cm³/mol. The van der Waals surface area contributed by atoms with E-state index in [0.29, 0.717) is 18.0 Å². The minimum atomic E-state index is -3.41. The number of aromatic nitrogens is 1. The zero-order chi connectivity index (χ0) is 18.0. The highest BCUT2D eigenvalue weighted by atomic mass is 32.2. The Morgan fingerprint density at radius 3 is 2.48 bits per heavy atom. The fraction of sp³-hybridized carbons (Fsp3) is 0.500. The molecule has 5 nitrogen and oxygen atoms in total. The van der Waals surface area contributed by atoms with Crippen molar-refractivity contribution >= 4 is 21.4 Å². The van der Waals surface area contributed by atoms with E-state index >= 15 is 0 Å². The first-order valence-electron chi connectivity index (χ1n) is 8.63. The average molecular weight is 380 g/mol. The zero-order valence-electron chi connectivity index (χ0n) is 15.0. The lowest BCUT2D eigenvalue weighted by atomic mass is 10.2. The number of nitrogens with zero attached hydrogens (tertiary/aromatic N) is 3. The summed E-state index contributed by atoms with van der Waals surface area (Å²) in [6.07, 6.45) is 0.965. The standard InChI is InChI=1S/C18H25N3O2S2/c1-4-18-19-16(13-24-18)12-20-7-9-21(10-8-20)25(22,23)17-6-5-14(2)11-15(17)3/h5-6,11,13H,4,7-10,12H2,1-3H3. The van der Waals surface area contributed by atoms with E-state index in [9.17, 15) is 8.42 Å². The number of sulfonamides is 1. The highest BCUT2D eigenvalue weighted by molar-refractivity contribution is 7.89. The van der Waals surface area contributed by atoms with Crippen LogP contribution in [0.1, 0.15) is 28.8 Å². The van der Waals surface area contributed by atoms with Crippen LogP contribution >= 0.6 is 11.3 Å². The molecule has 0 bridgehead atoms. The van der Waals surface area contributed by atoms with Crippen molar-refractivity contribution in [2.45, 2.75) is 38.6 Å². The first kappa shape index (κ1) is 18.5. The van der Waals surface area contributed by atoms with Crippen LogP contribution in [-0.2, 0) is 23.0 Å². The maximum atomic E-state index is 12.9. The Hall–Kier alpha value is -1.28. The van der Waals surface area contributed by atoms with Gasteiger partial charge in [-0.3, -0.25) is 4.90 Å². The lowest BCUT2D eigenvalue weighted by Crippen LogP contribution is -2.48. The highest BCUT2D eigenvalue weighted by Crippen LogP contribution is 2.22. The molecule has 0 saturated carbocycles. The molecule has 3 rings (SSSR count). The lowest BCUT2D eigenvalue weighted by Gasteiger charge is -2.33. The number of piperazine rings is 1. The second-order valence-electron chi connectivity index (χ2n) is 6.54. The summed E-state index contributed by atoms with van der Waals surface area (Å²) in [4.78, 5) is 7.31.